The van der Waals surface area contributed by atoms with Crippen LogP contribution in [0.1, 0.15) is 11.7 Å². The number of alkyl halides is 1. The molecule has 2 aromatic carbocycles. The molecule has 0 aliphatic carbocycles. The van der Waals surface area contributed by atoms with E-state index in [1.165, 1.54) is 35.6 Å². The van der Waals surface area contributed by atoms with E-state index in [2.05, 4.69) is 0 Å². The van der Waals surface area contributed by atoms with Crippen LogP contribution in [0.2, 0.25) is 0 Å². The molecule has 2 nitrogen and oxygen atoms in total. The average Bonchev–Trinajstić information content (AvgIpc) is 3.02. The zero-order valence-electron chi connectivity index (χ0n) is 13.9. The van der Waals surface area contributed by atoms with Gasteiger partial charge in [0.25, 0.3) is 0 Å². The van der Waals surface area contributed by atoms with E-state index in [-0.39, 0.29) is 12.3 Å². The molecule has 0 N–H and O–H groups in total. The Hall–Kier alpha value is -2.05. The van der Waals surface area contributed by atoms with Crippen LogP contribution in [0.5, 0.6) is 5.75 Å². The van der Waals surface area contributed by atoms with E-state index >= 15 is 0 Å². The summed E-state index contributed by atoms with van der Waals surface area (Å²) in [4.78, 5) is 1.67. The normalized spacial score (nSPS) is 14.0. The molecule has 0 radical (unpaired) electrons. The maximum Gasteiger partial charge on any atom is 0.165 e. The van der Waals surface area contributed by atoms with Crippen LogP contribution in [-0.4, -0.2) is 31.7 Å². The van der Waals surface area contributed by atoms with Gasteiger partial charge in [0, 0.05) is 16.6 Å². The minimum atomic E-state index is -1.45. The number of nitrogens with zero attached hydrogens (tertiary/aromatic N) is 1. The molecule has 0 amide bonds. The number of ether oxygens (including phenoxy) is 1. The molecule has 3 aromatic rings. The standard InChI is InChI=1S/C19H18F3NOS/c1-23(2)11-16(22)18(12-4-3-5-13(20)10-12)24-19-14-8-9-25-17(14)7-6-15(19)21/h3-10,16,18H,11H2,1-2H3. The van der Waals surface area contributed by atoms with E-state index in [9.17, 15) is 13.2 Å². The monoisotopic (exact) mass is 365 g/mol. The first kappa shape index (κ1) is 17.8. The molecule has 6 heteroatoms. The summed E-state index contributed by atoms with van der Waals surface area (Å²) in [6, 6.07) is 10.3. The number of thiophene rings is 1. The fourth-order valence-electron chi connectivity index (χ4n) is 2.72. The molecule has 0 aliphatic heterocycles. The van der Waals surface area contributed by atoms with Crippen molar-refractivity contribution in [1.82, 2.24) is 4.90 Å². The van der Waals surface area contributed by atoms with Crippen LogP contribution < -0.4 is 4.74 Å². The number of hydrogen-bond donors (Lipinski definition) is 0. The lowest BCUT2D eigenvalue weighted by Gasteiger charge is -2.25. The molecule has 132 valence electrons. The van der Waals surface area contributed by atoms with Gasteiger partial charge in [0.05, 0.1) is 0 Å². The number of hydrogen-bond acceptors (Lipinski definition) is 3. The first-order valence-electron chi connectivity index (χ1n) is 7.82. The van der Waals surface area contributed by atoms with Gasteiger partial charge < -0.3 is 9.64 Å². The second kappa shape index (κ2) is 7.45. The van der Waals surface area contributed by atoms with Crippen LogP contribution in [0, 0.1) is 11.6 Å². The number of rotatable bonds is 6. The van der Waals surface area contributed by atoms with Crippen molar-refractivity contribution >= 4 is 21.4 Å². The maximum absolute atomic E-state index is 14.9. The average molecular weight is 365 g/mol. The van der Waals surface area contributed by atoms with Crippen LogP contribution in [-0.2, 0) is 0 Å². The Bertz CT molecular complexity index is 865. The lowest BCUT2D eigenvalue weighted by Crippen LogP contribution is -2.31. The van der Waals surface area contributed by atoms with Crippen molar-refractivity contribution in [2.45, 2.75) is 12.3 Å². The van der Waals surface area contributed by atoms with Crippen molar-refractivity contribution in [1.29, 1.82) is 0 Å². The molecule has 1 aromatic heterocycles. The third-order valence-electron chi connectivity index (χ3n) is 3.83. The SMILES string of the molecule is CN(C)CC(F)C(Oc1c(F)ccc2sccc12)c1cccc(F)c1. The van der Waals surface area contributed by atoms with Crippen LogP contribution in [0.15, 0.2) is 47.8 Å². The van der Waals surface area contributed by atoms with Gasteiger partial charge >= 0.3 is 0 Å². The molecule has 0 bridgehead atoms. The zero-order valence-corrected chi connectivity index (χ0v) is 14.7. The fourth-order valence-corrected chi connectivity index (χ4v) is 3.50. The molecule has 3 rings (SSSR count). The van der Waals surface area contributed by atoms with Crippen LogP contribution in [0.3, 0.4) is 0 Å². The summed E-state index contributed by atoms with van der Waals surface area (Å²) in [5, 5.41) is 2.41. The van der Waals surface area contributed by atoms with Gasteiger partial charge in [-0.25, -0.2) is 13.2 Å². The Balaban J connectivity index is 2.02. The summed E-state index contributed by atoms with van der Waals surface area (Å²) in [6.07, 6.45) is -2.57. The van der Waals surface area contributed by atoms with Crippen molar-refractivity contribution in [2.24, 2.45) is 0 Å². The third kappa shape index (κ3) is 3.96. The van der Waals surface area contributed by atoms with E-state index in [0.29, 0.717) is 10.9 Å². The lowest BCUT2D eigenvalue weighted by molar-refractivity contribution is 0.0785. The largest absolute Gasteiger partial charge is 0.479 e. The molecule has 0 saturated heterocycles. The fraction of sp³-hybridized carbons (Fsp3) is 0.263. The Morgan fingerprint density at radius 1 is 1.12 bits per heavy atom. The molecule has 0 saturated carbocycles. The van der Waals surface area contributed by atoms with E-state index in [1.54, 1.807) is 37.2 Å². The van der Waals surface area contributed by atoms with Gasteiger partial charge in [-0.1, -0.05) is 12.1 Å². The minimum Gasteiger partial charge on any atom is -0.479 e. The van der Waals surface area contributed by atoms with Gasteiger partial charge in [0.1, 0.15) is 5.82 Å². The van der Waals surface area contributed by atoms with Crippen molar-refractivity contribution in [2.75, 3.05) is 20.6 Å². The van der Waals surface area contributed by atoms with Crippen LogP contribution >= 0.6 is 11.3 Å². The first-order chi connectivity index (χ1) is 12.0. The quantitative estimate of drug-likeness (QED) is 0.595. The van der Waals surface area contributed by atoms with Gasteiger partial charge in [0.15, 0.2) is 23.8 Å². The molecular weight excluding hydrogens is 347 g/mol. The van der Waals surface area contributed by atoms with E-state index in [1.807, 2.05) is 5.38 Å². The zero-order chi connectivity index (χ0) is 18.0. The molecule has 1 heterocycles. The molecule has 0 fully saturated rings. The summed E-state index contributed by atoms with van der Waals surface area (Å²) in [7, 11) is 3.46. The van der Waals surface area contributed by atoms with Crippen molar-refractivity contribution < 1.29 is 17.9 Å². The first-order valence-corrected chi connectivity index (χ1v) is 8.70. The topological polar surface area (TPSA) is 12.5 Å². The number of halogens is 3. The Morgan fingerprint density at radius 2 is 1.92 bits per heavy atom. The van der Waals surface area contributed by atoms with Crippen molar-refractivity contribution in [3.8, 4) is 5.75 Å². The van der Waals surface area contributed by atoms with Gasteiger partial charge in [0.2, 0.25) is 0 Å². The molecule has 0 spiro atoms. The predicted molar refractivity (Wildman–Crippen MR) is 95.0 cm³/mol. The Morgan fingerprint density at radius 3 is 2.64 bits per heavy atom. The minimum absolute atomic E-state index is 0.00517. The third-order valence-corrected chi connectivity index (χ3v) is 4.71. The van der Waals surface area contributed by atoms with Gasteiger partial charge in [-0.3, -0.25) is 0 Å². The highest BCUT2D eigenvalue weighted by molar-refractivity contribution is 7.17. The molecule has 2 unspecified atom stereocenters. The van der Waals surface area contributed by atoms with E-state index in [4.69, 9.17) is 4.74 Å². The highest BCUT2D eigenvalue weighted by atomic mass is 32.1. The van der Waals surface area contributed by atoms with E-state index in [0.717, 1.165) is 4.70 Å². The van der Waals surface area contributed by atoms with Gasteiger partial charge in [-0.2, -0.15) is 0 Å². The van der Waals surface area contributed by atoms with Gasteiger partial charge in [-0.15, -0.1) is 11.3 Å². The summed E-state index contributed by atoms with van der Waals surface area (Å²) < 4.78 is 49.5. The second-order valence-corrected chi connectivity index (χ2v) is 7.03. The highest BCUT2D eigenvalue weighted by Crippen LogP contribution is 2.36. The summed E-state index contributed by atoms with van der Waals surface area (Å²) >= 11 is 1.45. The molecule has 2 atom stereocenters. The molecule has 0 aliphatic rings. The molecule has 25 heavy (non-hydrogen) atoms. The summed E-state index contributed by atoms with van der Waals surface area (Å²) in [6.45, 7) is 0.0718. The lowest BCUT2D eigenvalue weighted by atomic mass is 10.0. The summed E-state index contributed by atoms with van der Waals surface area (Å²) in [5.41, 5.74) is 0.334. The van der Waals surface area contributed by atoms with Crippen molar-refractivity contribution in [3.63, 3.8) is 0 Å². The summed E-state index contributed by atoms with van der Waals surface area (Å²) in [5.74, 6) is -1.06. The smallest absolute Gasteiger partial charge is 0.165 e. The number of benzene rings is 2. The Labute approximate surface area is 148 Å². The van der Waals surface area contributed by atoms with Crippen LogP contribution in [0.25, 0.3) is 10.1 Å². The maximum atomic E-state index is 14.9. The van der Waals surface area contributed by atoms with E-state index < -0.39 is 23.9 Å². The van der Waals surface area contributed by atoms with Crippen molar-refractivity contribution in [3.05, 3.63) is 65.0 Å². The highest BCUT2D eigenvalue weighted by Gasteiger charge is 2.28. The predicted octanol–water partition coefficient (Wildman–Crippen LogP) is 5.20. The second-order valence-electron chi connectivity index (χ2n) is 6.08. The Kier molecular flexibility index (Phi) is 5.30. The van der Waals surface area contributed by atoms with Gasteiger partial charge in [-0.05, 0) is 55.4 Å². The molecular formula is C19H18F3NOS. The number of fused-ring (bicyclic) bond motifs is 1. The van der Waals surface area contributed by atoms with Crippen LogP contribution in [0.4, 0.5) is 13.2 Å².